The molecule has 0 radical (unpaired) electrons. The third-order valence-corrected chi connectivity index (χ3v) is 4.71. The molecule has 0 aliphatic heterocycles. The third-order valence-electron chi connectivity index (χ3n) is 4.71. The van der Waals surface area contributed by atoms with Gasteiger partial charge < -0.3 is 10.4 Å². The van der Waals surface area contributed by atoms with Crippen LogP contribution in [0.3, 0.4) is 0 Å². The predicted molar refractivity (Wildman–Crippen MR) is 76.6 cm³/mol. The number of aryl methyl sites for hydroxylation is 1. The van der Waals surface area contributed by atoms with Crippen LogP contribution in [0.4, 0.5) is 5.69 Å². The zero-order valence-corrected chi connectivity index (χ0v) is 12.1. The van der Waals surface area contributed by atoms with Crippen molar-refractivity contribution in [1.29, 1.82) is 0 Å². The van der Waals surface area contributed by atoms with E-state index in [1.165, 1.54) is 0 Å². The summed E-state index contributed by atoms with van der Waals surface area (Å²) in [6.45, 7) is 4.60. The minimum Gasteiger partial charge on any atom is -0.481 e. The van der Waals surface area contributed by atoms with E-state index in [2.05, 4.69) is 10.4 Å². The molecule has 1 aromatic heterocycles. The van der Waals surface area contributed by atoms with Crippen LogP contribution >= 0.6 is 0 Å². The lowest BCUT2D eigenvalue weighted by molar-refractivity contribution is -0.146. The lowest BCUT2D eigenvalue weighted by atomic mass is 9.82. The van der Waals surface area contributed by atoms with E-state index in [0.717, 1.165) is 18.7 Å². The summed E-state index contributed by atoms with van der Waals surface area (Å²) in [7, 11) is 0. The maximum absolute atomic E-state index is 12.5. The van der Waals surface area contributed by atoms with Gasteiger partial charge in [0.25, 0.3) is 0 Å². The summed E-state index contributed by atoms with van der Waals surface area (Å²) < 4.78 is 1.80. The second-order valence-electron chi connectivity index (χ2n) is 5.79. The van der Waals surface area contributed by atoms with E-state index in [-0.39, 0.29) is 17.7 Å². The van der Waals surface area contributed by atoms with Crippen molar-refractivity contribution < 1.29 is 14.7 Å². The summed E-state index contributed by atoms with van der Waals surface area (Å²) in [5, 5.41) is 16.4. The Hall–Kier alpha value is -2.11. The number of aliphatic carboxylic acids is 1. The Labute approximate surface area is 122 Å². The molecule has 2 N–H and O–H groups in total. The highest BCUT2D eigenvalue weighted by atomic mass is 16.4. The highest BCUT2D eigenvalue weighted by Gasteiger charge is 2.51. The Morgan fingerprint density at radius 3 is 2.62 bits per heavy atom. The summed E-state index contributed by atoms with van der Waals surface area (Å²) in [5.41, 5.74) is 1.55. The number of nitrogens with zero attached hydrogens (tertiary/aromatic N) is 2. The number of anilines is 1. The number of hydrogen-bond acceptors (Lipinski definition) is 3. The number of allylic oxidation sites excluding steroid dienone is 2. The smallest absolute Gasteiger partial charge is 0.307 e. The summed E-state index contributed by atoms with van der Waals surface area (Å²) in [4.78, 5) is 24.0. The van der Waals surface area contributed by atoms with Crippen LogP contribution in [0, 0.1) is 30.6 Å². The standard InChI is InChI=1S/C15H19N3O3/c1-3-18-8(2)11(7-16-18)17-14(19)12-9-4-5-10(6-9)13(12)15(20)21/h4-5,7,9-10,12-13H,3,6H2,1-2H3,(H,17,19)(H,20,21)/t9-,10-,12-,13-/m0/s1. The minimum atomic E-state index is -0.882. The Morgan fingerprint density at radius 1 is 1.38 bits per heavy atom. The molecule has 1 heterocycles. The number of aromatic nitrogens is 2. The second kappa shape index (κ2) is 5.02. The lowest BCUT2D eigenvalue weighted by Gasteiger charge is -2.23. The van der Waals surface area contributed by atoms with Gasteiger partial charge in [-0.1, -0.05) is 12.2 Å². The van der Waals surface area contributed by atoms with E-state index in [9.17, 15) is 14.7 Å². The number of hydrogen-bond donors (Lipinski definition) is 2. The molecule has 2 bridgehead atoms. The van der Waals surface area contributed by atoms with Crippen molar-refractivity contribution in [2.45, 2.75) is 26.8 Å². The summed E-state index contributed by atoms with van der Waals surface area (Å²) in [6.07, 6.45) is 6.31. The Balaban J connectivity index is 1.80. The van der Waals surface area contributed by atoms with Crippen LogP contribution in [0.25, 0.3) is 0 Å². The van der Waals surface area contributed by atoms with Crippen molar-refractivity contribution in [2.24, 2.45) is 23.7 Å². The van der Waals surface area contributed by atoms with E-state index in [4.69, 9.17) is 0 Å². The first-order valence-corrected chi connectivity index (χ1v) is 7.27. The average molecular weight is 289 g/mol. The lowest BCUT2D eigenvalue weighted by Crippen LogP contribution is -2.36. The van der Waals surface area contributed by atoms with Gasteiger partial charge in [-0.05, 0) is 32.1 Å². The zero-order chi connectivity index (χ0) is 15.1. The van der Waals surface area contributed by atoms with Gasteiger partial charge in [0.15, 0.2) is 0 Å². The molecule has 0 unspecified atom stereocenters. The van der Waals surface area contributed by atoms with Gasteiger partial charge in [-0.25, -0.2) is 0 Å². The SMILES string of the molecule is CCn1ncc(NC(=O)[C@@H]2[C@@H](C(=O)O)[C@H]3C=C[C@H]2C3)c1C. The van der Waals surface area contributed by atoms with Gasteiger partial charge in [-0.2, -0.15) is 5.10 Å². The van der Waals surface area contributed by atoms with Crippen LogP contribution in [0.5, 0.6) is 0 Å². The van der Waals surface area contributed by atoms with Crippen LogP contribution in [0.2, 0.25) is 0 Å². The van der Waals surface area contributed by atoms with E-state index in [1.54, 1.807) is 10.9 Å². The van der Waals surface area contributed by atoms with Crippen LogP contribution in [-0.2, 0) is 16.1 Å². The van der Waals surface area contributed by atoms with Gasteiger partial charge in [0.2, 0.25) is 5.91 Å². The van der Waals surface area contributed by atoms with Gasteiger partial charge in [0.1, 0.15) is 0 Å². The topological polar surface area (TPSA) is 84.2 Å². The van der Waals surface area contributed by atoms with E-state index < -0.39 is 17.8 Å². The largest absolute Gasteiger partial charge is 0.481 e. The molecule has 6 heteroatoms. The van der Waals surface area contributed by atoms with Gasteiger partial charge in [-0.3, -0.25) is 14.3 Å². The first-order chi connectivity index (χ1) is 10.0. The van der Waals surface area contributed by atoms with Crippen molar-refractivity contribution in [3.05, 3.63) is 24.0 Å². The molecule has 1 amide bonds. The summed E-state index contributed by atoms with van der Waals surface area (Å²) in [5.74, 6) is -2.16. The Kier molecular flexibility index (Phi) is 3.31. The number of fused-ring (bicyclic) bond motifs is 2. The molecule has 1 saturated carbocycles. The number of nitrogens with one attached hydrogen (secondary N) is 1. The molecule has 1 fully saturated rings. The molecule has 6 nitrogen and oxygen atoms in total. The van der Waals surface area contributed by atoms with E-state index >= 15 is 0 Å². The quantitative estimate of drug-likeness (QED) is 0.826. The molecule has 2 aliphatic rings. The normalized spacial score (nSPS) is 29.8. The van der Waals surface area contributed by atoms with Gasteiger partial charge in [0, 0.05) is 6.54 Å². The van der Waals surface area contributed by atoms with Crippen molar-refractivity contribution >= 4 is 17.6 Å². The average Bonchev–Trinajstić information content (AvgIpc) is 3.13. The summed E-state index contributed by atoms with van der Waals surface area (Å²) >= 11 is 0. The van der Waals surface area contributed by atoms with E-state index in [1.807, 2.05) is 26.0 Å². The van der Waals surface area contributed by atoms with Gasteiger partial charge in [-0.15, -0.1) is 0 Å². The highest BCUT2D eigenvalue weighted by Crippen LogP contribution is 2.48. The minimum absolute atomic E-state index is 0.0114. The van der Waals surface area contributed by atoms with Crippen molar-refractivity contribution in [2.75, 3.05) is 5.32 Å². The fourth-order valence-corrected chi connectivity index (χ4v) is 3.62. The maximum Gasteiger partial charge on any atom is 0.307 e. The zero-order valence-electron chi connectivity index (χ0n) is 12.1. The molecule has 1 aromatic rings. The molecular formula is C15H19N3O3. The molecule has 0 aromatic carbocycles. The van der Waals surface area contributed by atoms with Crippen molar-refractivity contribution in [3.8, 4) is 0 Å². The first kappa shape index (κ1) is 13.9. The Bertz CT molecular complexity index is 620. The van der Waals surface area contributed by atoms with E-state index in [0.29, 0.717) is 5.69 Å². The molecule has 2 aliphatic carbocycles. The number of carbonyl (C=O) groups excluding carboxylic acids is 1. The van der Waals surface area contributed by atoms with Gasteiger partial charge >= 0.3 is 5.97 Å². The third kappa shape index (κ3) is 2.14. The molecule has 112 valence electrons. The molecule has 0 spiro atoms. The number of carbonyl (C=O) groups is 2. The predicted octanol–water partition coefficient (Wildman–Crippen LogP) is 1.67. The van der Waals surface area contributed by atoms with Crippen LogP contribution in [0.15, 0.2) is 18.3 Å². The first-order valence-electron chi connectivity index (χ1n) is 7.27. The summed E-state index contributed by atoms with van der Waals surface area (Å²) in [6, 6.07) is 0. The van der Waals surface area contributed by atoms with Crippen molar-refractivity contribution in [3.63, 3.8) is 0 Å². The van der Waals surface area contributed by atoms with Crippen LogP contribution < -0.4 is 5.32 Å². The Morgan fingerprint density at radius 2 is 2.05 bits per heavy atom. The second-order valence-corrected chi connectivity index (χ2v) is 5.79. The molecule has 4 atom stereocenters. The highest BCUT2D eigenvalue weighted by molar-refractivity contribution is 5.96. The molecule has 3 rings (SSSR count). The number of carboxylic acid groups (broad SMARTS) is 1. The van der Waals surface area contributed by atoms with Crippen LogP contribution in [0.1, 0.15) is 19.0 Å². The number of carboxylic acids is 1. The number of amides is 1. The maximum atomic E-state index is 12.5. The fourth-order valence-electron chi connectivity index (χ4n) is 3.62. The van der Waals surface area contributed by atoms with Crippen molar-refractivity contribution in [1.82, 2.24) is 9.78 Å². The van der Waals surface area contributed by atoms with Crippen LogP contribution in [-0.4, -0.2) is 26.8 Å². The fraction of sp³-hybridized carbons (Fsp3) is 0.533. The molecular weight excluding hydrogens is 270 g/mol. The monoisotopic (exact) mass is 289 g/mol. The molecule has 21 heavy (non-hydrogen) atoms. The van der Waals surface area contributed by atoms with Gasteiger partial charge in [0.05, 0.1) is 29.4 Å². The molecule has 0 saturated heterocycles. The number of rotatable bonds is 4.